The van der Waals surface area contributed by atoms with Crippen molar-refractivity contribution in [1.29, 1.82) is 0 Å². The van der Waals surface area contributed by atoms with Gasteiger partial charge in [-0.2, -0.15) is 0 Å². The van der Waals surface area contributed by atoms with Gasteiger partial charge in [-0.05, 0) is 12.3 Å². The van der Waals surface area contributed by atoms with Crippen molar-refractivity contribution in [1.82, 2.24) is 0 Å². The molecule has 1 aliphatic carbocycles. The molecule has 3 atom stereocenters. The first kappa shape index (κ1) is 11.0. The number of rotatable bonds is 4. The van der Waals surface area contributed by atoms with Gasteiger partial charge in [-0.15, -0.1) is 11.8 Å². The van der Waals surface area contributed by atoms with Gasteiger partial charge in [0.1, 0.15) is 6.61 Å². The van der Waals surface area contributed by atoms with Crippen molar-refractivity contribution in [3.05, 3.63) is 0 Å². The Bertz CT molecular complexity index is 292. The van der Waals surface area contributed by atoms with Gasteiger partial charge in [0, 0.05) is 25.2 Å². The van der Waals surface area contributed by atoms with Crippen LogP contribution in [-0.2, 0) is 9.53 Å². The monoisotopic (exact) mass is 229 g/mol. The molecule has 0 spiro atoms. The summed E-state index contributed by atoms with van der Waals surface area (Å²) < 4.78 is 4.92. The van der Waals surface area contributed by atoms with Gasteiger partial charge in [0.2, 0.25) is 0 Å². The zero-order valence-electron chi connectivity index (χ0n) is 8.68. The Labute approximate surface area is 93.1 Å². The quantitative estimate of drug-likeness (QED) is 0.721. The molecular formula is C10H15NO3S. The fourth-order valence-corrected chi connectivity index (χ4v) is 2.95. The lowest BCUT2D eigenvalue weighted by Gasteiger charge is -2.04. The molecular weight excluding hydrogens is 214 g/mol. The van der Waals surface area contributed by atoms with Crippen LogP contribution < -0.4 is 0 Å². The van der Waals surface area contributed by atoms with Gasteiger partial charge in [0.25, 0.3) is 0 Å². The molecule has 0 aromatic carbocycles. The second-order valence-corrected chi connectivity index (χ2v) is 5.06. The molecule has 1 fully saturated rings. The van der Waals surface area contributed by atoms with Gasteiger partial charge in [-0.1, -0.05) is 0 Å². The average Bonchev–Trinajstić information content (AvgIpc) is 2.86. The van der Waals surface area contributed by atoms with Crippen LogP contribution in [0.15, 0.2) is 4.99 Å². The van der Waals surface area contributed by atoms with Gasteiger partial charge < -0.3 is 9.84 Å². The van der Waals surface area contributed by atoms with Crippen molar-refractivity contribution < 1.29 is 14.6 Å². The number of esters is 1. The molecule has 5 heteroatoms. The molecule has 0 saturated heterocycles. The van der Waals surface area contributed by atoms with E-state index in [1.54, 1.807) is 11.8 Å². The fourth-order valence-electron chi connectivity index (χ4n) is 1.69. The number of ether oxygens (including phenoxy) is 1. The fraction of sp³-hybridized carbons (Fsp3) is 0.800. The largest absolute Gasteiger partial charge is 0.464 e. The number of hydrogen-bond acceptors (Lipinski definition) is 5. The van der Waals surface area contributed by atoms with Gasteiger partial charge in [0.15, 0.2) is 0 Å². The van der Waals surface area contributed by atoms with Crippen LogP contribution in [0.4, 0.5) is 0 Å². The maximum atomic E-state index is 10.6. The first-order valence-electron chi connectivity index (χ1n) is 5.15. The number of aliphatic imine (C=N–C) groups is 1. The normalized spacial score (nSPS) is 33.7. The number of carbonyl (C=O) groups is 1. The summed E-state index contributed by atoms with van der Waals surface area (Å²) in [6.07, 6.45) is 1.06. The molecule has 84 valence electrons. The Balaban J connectivity index is 1.79. The van der Waals surface area contributed by atoms with Crippen LogP contribution in [0, 0.1) is 11.8 Å². The zero-order valence-corrected chi connectivity index (χ0v) is 9.50. The molecule has 15 heavy (non-hydrogen) atoms. The summed E-state index contributed by atoms with van der Waals surface area (Å²) in [5, 5.41) is 10.1. The molecule has 0 aromatic heterocycles. The van der Waals surface area contributed by atoms with Crippen molar-refractivity contribution in [3.8, 4) is 0 Å². The lowest BCUT2D eigenvalue weighted by Crippen LogP contribution is -2.15. The molecule has 0 unspecified atom stereocenters. The summed E-state index contributed by atoms with van der Waals surface area (Å²) in [5.74, 6) is 1.55. The minimum atomic E-state index is -0.247. The number of thioether (sulfide) groups is 1. The molecule has 2 aliphatic rings. The van der Waals surface area contributed by atoms with Crippen molar-refractivity contribution in [2.24, 2.45) is 16.8 Å². The third-order valence-corrected chi connectivity index (χ3v) is 3.94. The SMILES string of the molecule is CC(=O)OC[C@@H]1CSC([C@@H]2C[C@@H]2CO)=N1. The summed E-state index contributed by atoms with van der Waals surface area (Å²) in [5.41, 5.74) is 0. The smallest absolute Gasteiger partial charge is 0.302 e. The van der Waals surface area contributed by atoms with Crippen LogP contribution >= 0.6 is 11.8 Å². The van der Waals surface area contributed by atoms with E-state index in [2.05, 4.69) is 4.99 Å². The maximum absolute atomic E-state index is 10.6. The molecule has 1 saturated carbocycles. The Morgan fingerprint density at radius 1 is 1.73 bits per heavy atom. The summed E-state index contributed by atoms with van der Waals surface area (Å²) in [7, 11) is 0. The molecule has 0 bridgehead atoms. The van der Waals surface area contributed by atoms with Crippen LogP contribution in [0.25, 0.3) is 0 Å². The Hall–Kier alpha value is -0.550. The molecule has 0 amide bonds. The Morgan fingerprint density at radius 2 is 2.53 bits per heavy atom. The predicted molar refractivity (Wildman–Crippen MR) is 59.0 cm³/mol. The predicted octanol–water partition coefficient (Wildman–Crippen LogP) is 0.692. The van der Waals surface area contributed by atoms with E-state index in [1.807, 2.05) is 0 Å². The molecule has 1 heterocycles. The minimum Gasteiger partial charge on any atom is -0.464 e. The molecule has 2 rings (SSSR count). The maximum Gasteiger partial charge on any atom is 0.302 e. The highest BCUT2D eigenvalue weighted by atomic mass is 32.2. The second kappa shape index (κ2) is 4.53. The third-order valence-electron chi connectivity index (χ3n) is 2.69. The average molecular weight is 229 g/mol. The lowest BCUT2D eigenvalue weighted by atomic mass is 10.3. The number of aliphatic hydroxyl groups is 1. The molecule has 1 N–H and O–H groups in total. The minimum absolute atomic E-state index is 0.119. The standard InChI is InChI=1S/C10H15NO3S/c1-6(13)14-4-8-5-15-10(11-8)9-2-7(9)3-12/h7-9,12H,2-5H2,1H3/t7-,8-,9-/m1/s1. The van der Waals surface area contributed by atoms with Gasteiger partial charge in [0.05, 0.1) is 11.1 Å². The number of aliphatic hydroxyl groups excluding tert-OH is 1. The van der Waals surface area contributed by atoms with E-state index in [0.29, 0.717) is 18.4 Å². The summed E-state index contributed by atoms with van der Waals surface area (Å²) in [4.78, 5) is 15.1. The van der Waals surface area contributed by atoms with Crippen molar-refractivity contribution in [2.45, 2.75) is 19.4 Å². The lowest BCUT2D eigenvalue weighted by molar-refractivity contribution is -0.141. The third kappa shape index (κ3) is 2.72. The van der Waals surface area contributed by atoms with E-state index in [9.17, 15) is 4.79 Å². The van der Waals surface area contributed by atoms with Gasteiger partial charge in [-0.3, -0.25) is 9.79 Å². The topological polar surface area (TPSA) is 58.9 Å². The molecule has 0 radical (unpaired) electrons. The van der Waals surface area contributed by atoms with Crippen molar-refractivity contribution in [3.63, 3.8) is 0 Å². The van der Waals surface area contributed by atoms with Crippen molar-refractivity contribution >= 4 is 22.8 Å². The highest BCUT2D eigenvalue weighted by molar-refractivity contribution is 8.14. The Kier molecular flexibility index (Phi) is 3.31. The summed E-state index contributed by atoms with van der Waals surface area (Å²) in [6, 6.07) is 0.119. The van der Waals surface area contributed by atoms with E-state index in [4.69, 9.17) is 9.84 Å². The molecule has 0 aromatic rings. The van der Waals surface area contributed by atoms with E-state index >= 15 is 0 Å². The van der Waals surface area contributed by atoms with E-state index < -0.39 is 0 Å². The van der Waals surface area contributed by atoms with Gasteiger partial charge in [-0.25, -0.2) is 0 Å². The first-order chi connectivity index (χ1) is 7.20. The van der Waals surface area contributed by atoms with Crippen molar-refractivity contribution in [2.75, 3.05) is 19.0 Å². The first-order valence-corrected chi connectivity index (χ1v) is 6.14. The Morgan fingerprint density at radius 3 is 3.13 bits per heavy atom. The number of nitrogens with zero attached hydrogens (tertiary/aromatic N) is 1. The number of carbonyl (C=O) groups excluding carboxylic acids is 1. The van der Waals surface area contributed by atoms with Crippen LogP contribution in [0.2, 0.25) is 0 Å². The highest BCUT2D eigenvalue weighted by Gasteiger charge is 2.42. The highest BCUT2D eigenvalue weighted by Crippen LogP contribution is 2.44. The second-order valence-electron chi connectivity index (χ2n) is 4.02. The molecule has 4 nitrogen and oxygen atoms in total. The van der Waals surface area contributed by atoms with E-state index in [1.165, 1.54) is 6.92 Å². The van der Waals surface area contributed by atoms with Gasteiger partial charge >= 0.3 is 5.97 Å². The van der Waals surface area contributed by atoms with Crippen LogP contribution in [0.1, 0.15) is 13.3 Å². The number of hydrogen-bond donors (Lipinski definition) is 1. The van der Waals surface area contributed by atoms with Crippen LogP contribution in [0.5, 0.6) is 0 Å². The van der Waals surface area contributed by atoms with E-state index in [0.717, 1.165) is 17.2 Å². The van der Waals surface area contributed by atoms with Crippen LogP contribution in [0.3, 0.4) is 0 Å². The summed E-state index contributed by atoms with van der Waals surface area (Å²) >= 11 is 1.74. The summed E-state index contributed by atoms with van der Waals surface area (Å²) in [6.45, 7) is 2.07. The zero-order chi connectivity index (χ0) is 10.8. The molecule has 1 aliphatic heterocycles. The van der Waals surface area contributed by atoms with E-state index in [-0.39, 0.29) is 18.6 Å². The van der Waals surface area contributed by atoms with Crippen LogP contribution in [-0.4, -0.2) is 41.1 Å².